The van der Waals surface area contributed by atoms with Gasteiger partial charge in [-0.15, -0.1) is 0 Å². The van der Waals surface area contributed by atoms with Gasteiger partial charge >= 0.3 is 0 Å². The number of likely N-dealkylation sites (tertiary alicyclic amines) is 1. The molecule has 0 aromatic heterocycles. The highest BCUT2D eigenvalue weighted by Gasteiger charge is 2.36. The minimum Gasteiger partial charge on any atom is -0.393 e. The third-order valence-electron chi connectivity index (χ3n) is 4.96. The van der Waals surface area contributed by atoms with E-state index < -0.39 is 0 Å². The molecule has 0 aromatic carbocycles. The van der Waals surface area contributed by atoms with Crippen LogP contribution in [0.4, 0.5) is 0 Å². The Kier molecular flexibility index (Phi) is 4.35. The molecular formula is C15H29NO2. The van der Waals surface area contributed by atoms with E-state index in [2.05, 4.69) is 18.7 Å². The van der Waals surface area contributed by atoms with E-state index >= 15 is 0 Å². The number of aliphatic hydroxyl groups excluding tert-OH is 2. The van der Waals surface area contributed by atoms with Gasteiger partial charge in [0.1, 0.15) is 0 Å². The first kappa shape index (κ1) is 14.3. The summed E-state index contributed by atoms with van der Waals surface area (Å²) in [6.45, 7) is 9.62. The SMILES string of the molecule is CC(O)C1CCN(CC2CC(C)(C)CCC2O)C1. The molecular weight excluding hydrogens is 226 g/mol. The normalized spacial score (nSPS) is 38.8. The van der Waals surface area contributed by atoms with E-state index in [-0.39, 0.29) is 12.2 Å². The van der Waals surface area contributed by atoms with Crippen molar-refractivity contribution in [3.05, 3.63) is 0 Å². The lowest BCUT2D eigenvalue weighted by atomic mass is 9.71. The molecule has 1 aliphatic heterocycles. The Bertz CT molecular complexity index is 278. The van der Waals surface area contributed by atoms with Crippen LogP contribution in [-0.4, -0.2) is 47.0 Å². The second kappa shape index (κ2) is 5.48. The fourth-order valence-corrected chi connectivity index (χ4v) is 3.66. The van der Waals surface area contributed by atoms with E-state index in [1.807, 2.05) is 6.92 Å². The molecule has 1 aliphatic carbocycles. The topological polar surface area (TPSA) is 43.7 Å². The fraction of sp³-hybridized carbons (Fsp3) is 1.00. The molecule has 0 spiro atoms. The zero-order valence-corrected chi connectivity index (χ0v) is 12.1. The predicted molar refractivity (Wildman–Crippen MR) is 73.4 cm³/mol. The average molecular weight is 255 g/mol. The van der Waals surface area contributed by atoms with Gasteiger partial charge in [0.2, 0.25) is 0 Å². The van der Waals surface area contributed by atoms with E-state index in [9.17, 15) is 10.2 Å². The van der Waals surface area contributed by atoms with Gasteiger partial charge in [-0.25, -0.2) is 0 Å². The van der Waals surface area contributed by atoms with Crippen LogP contribution in [-0.2, 0) is 0 Å². The summed E-state index contributed by atoms with van der Waals surface area (Å²) < 4.78 is 0. The van der Waals surface area contributed by atoms with Crippen molar-refractivity contribution in [2.45, 2.75) is 58.7 Å². The minimum absolute atomic E-state index is 0.122. The molecule has 1 heterocycles. The van der Waals surface area contributed by atoms with Crippen LogP contribution >= 0.6 is 0 Å². The Morgan fingerprint density at radius 1 is 1.33 bits per heavy atom. The predicted octanol–water partition coefficient (Wildman–Crippen LogP) is 1.88. The van der Waals surface area contributed by atoms with E-state index in [1.165, 1.54) is 0 Å². The van der Waals surface area contributed by atoms with Gasteiger partial charge in [-0.05, 0) is 56.4 Å². The van der Waals surface area contributed by atoms with Crippen molar-refractivity contribution in [2.24, 2.45) is 17.3 Å². The first-order valence-corrected chi connectivity index (χ1v) is 7.46. The molecule has 2 N–H and O–H groups in total. The zero-order valence-electron chi connectivity index (χ0n) is 12.1. The van der Waals surface area contributed by atoms with E-state index in [4.69, 9.17) is 0 Å². The molecule has 0 amide bonds. The maximum atomic E-state index is 10.2. The van der Waals surface area contributed by atoms with Crippen LogP contribution in [0.5, 0.6) is 0 Å². The van der Waals surface area contributed by atoms with Crippen molar-refractivity contribution in [1.29, 1.82) is 0 Å². The van der Waals surface area contributed by atoms with E-state index in [0.29, 0.717) is 17.3 Å². The molecule has 0 bridgehead atoms. The van der Waals surface area contributed by atoms with Crippen LogP contribution < -0.4 is 0 Å². The number of rotatable bonds is 3. The third kappa shape index (κ3) is 3.46. The van der Waals surface area contributed by atoms with Crippen molar-refractivity contribution >= 4 is 0 Å². The molecule has 2 fully saturated rings. The molecule has 3 nitrogen and oxygen atoms in total. The highest BCUT2D eigenvalue weighted by Crippen LogP contribution is 2.39. The lowest BCUT2D eigenvalue weighted by molar-refractivity contribution is 0.00600. The Labute approximate surface area is 111 Å². The molecule has 2 aliphatic rings. The largest absolute Gasteiger partial charge is 0.393 e. The van der Waals surface area contributed by atoms with Crippen molar-refractivity contribution in [3.8, 4) is 0 Å². The van der Waals surface area contributed by atoms with Crippen LogP contribution in [0.2, 0.25) is 0 Å². The maximum absolute atomic E-state index is 10.2. The van der Waals surface area contributed by atoms with Crippen molar-refractivity contribution in [3.63, 3.8) is 0 Å². The Morgan fingerprint density at radius 2 is 2.06 bits per heavy atom. The van der Waals surface area contributed by atoms with Crippen LogP contribution in [0.25, 0.3) is 0 Å². The van der Waals surface area contributed by atoms with Gasteiger partial charge in [-0.1, -0.05) is 13.8 Å². The van der Waals surface area contributed by atoms with Crippen LogP contribution in [0.3, 0.4) is 0 Å². The number of aliphatic hydroxyl groups is 2. The van der Waals surface area contributed by atoms with Gasteiger partial charge in [0.25, 0.3) is 0 Å². The quantitative estimate of drug-likeness (QED) is 0.809. The van der Waals surface area contributed by atoms with Crippen molar-refractivity contribution in [1.82, 2.24) is 4.90 Å². The molecule has 1 saturated heterocycles. The maximum Gasteiger partial charge on any atom is 0.0581 e. The first-order valence-electron chi connectivity index (χ1n) is 7.46. The minimum atomic E-state index is -0.192. The number of hydrogen-bond acceptors (Lipinski definition) is 3. The highest BCUT2D eigenvalue weighted by atomic mass is 16.3. The molecule has 4 unspecified atom stereocenters. The average Bonchev–Trinajstić information content (AvgIpc) is 2.72. The van der Waals surface area contributed by atoms with Gasteiger partial charge in [0.05, 0.1) is 12.2 Å². The monoisotopic (exact) mass is 255 g/mol. The van der Waals surface area contributed by atoms with Gasteiger partial charge in [-0.3, -0.25) is 0 Å². The van der Waals surface area contributed by atoms with Crippen molar-refractivity contribution in [2.75, 3.05) is 19.6 Å². The Morgan fingerprint density at radius 3 is 2.67 bits per heavy atom. The summed E-state index contributed by atoms with van der Waals surface area (Å²) >= 11 is 0. The highest BCUT2D eigenvalue weighted by molar-refractivity contribution is 4.88. The fourth-order valence-electron chi connectivity index (χ4n) is 3.66. The lowest BCUT2D eigenvalue weighted by Gasteiger charge is -2.40. The lowest BCUT2D eigenvalue weighted by Crippen LogP contribution is -2.40. The summed E-state index contributed by atoms with van der Waals surface area (Å²) in [7, 11) is 0. The van der Waals surface area contributed by atoms with Crippen LogP contribution in [0.1, 0.15) is 46.5 Å². The summed E-state index contributed by atoms with van der Waals surface area (Å²) in [6.07, 6.45) is 4.01. The Hall–Kier alpha value is -0.120. The van der Waals surface area contributed by atoms with Crippen LogP contribution in [0, 0.1) is 17.3 Å². The van der Waals surface area contributed by atoms with Crippen molar-refractivity contribution < 1.29 is 10.2 Å². The molecule has 2 rings (SSSR count). The molecule has 0 radical (unpaired) electrons. The van der Waals surface area contributed by atoms with Gasteiger partial charge in [0, 0.05) is 13.1 Å². The number of hydrogen-bond donors (Lipinski definition) is 2. The van der Waals surface area contributed by atoms with Gasteiger partial charge in [0.15, 0.2) is 0 Å². The zero-order chi connectivity index (χ0) is 13.3. The first-order chi connectivity index (χ1) is 8.37. The summed E-state index contributed by atoms with van der Waals surface area (Å²) in [5.41, 5.74) is 0.382. The number of nitrogens with zero attached hydrogens (tertiary/aromatic N) is 1. The molecule has 18 heavy (non-hydrogen) atoms. The van der Waals surface area contributed by atoms with Gasteiger partial charge < -0.3 is 15.1 Å². The molecule has 0 aromatic rings. The Balaban J connectivity index is 1.85. The summed E-state index contributed by atoms with van der Waals surface area (Å²) in [5, 5.41) is 19.8. The second-order valence-electron chi connectivity index (χ2n) is 7.28. The van der Waals surface area contributed by atoms with E-state index in [1.54, 1.807) is 0 Å². The summed E-state index contributed by atoms with van der Waals surface area (Å²) in [5.74, 6) is 0.847. The second-order valence-corrected chi connectivity index (χ2v) is 7.28. The van der Waals surface area contributed by atoms with E-state index in [0.717, 1.165) is 45.3 Å². The summed E-state index contributed by atoms with van der Waals surface area (Å²) in [6, 6.07) is 0. The van der Waals surface area contributed by atoms with Crippen LogP contribution in [0.15, 0.2) is 0 Å². The van der Waals surface area contributed by atoms with Gasteiger partial charge in [-0.2, -0.15) is 0 Å². The smallest absolute Gasteiger partial charge is 0.0581 e. The standard InChI is InChI=1S/C15H29NO2/c1-11(17)12-5-7-16(9-12)10-13-8-15(2,3)6-4-14(13)18/h11-14,17-18H,4-10H2,1-3H3. The third-order valence-corrected chi connectivity index (χ3v) is 4.96. The molecule has 1 saturated carbocycles. The summed E-state index contributed by atoms with van der Waals surface area (Å²) in [4.78, 5) is 2.44. The molecule has 106 valence electrons. The molecule has 4 atom stereocenters. The molecule has 3 heteroatoms.